The fraction of sp³-hybridized carbons (Fsp3) is 0.0909. The summed E-state index contributed by atoms with van der Waals surface area (Å²) in [5, 5.41) is 10.7. The third-order valence-electron chi connectivity index (χ3n) is 16.5. The van der Waals surface area contributed by atoms with E-state index in [1.54, 1.807) is 0 Å². The highest BCUT2D eigenvalue weighted by Crippen LogP contribution is 2.50. The lowest BCUT2D eigenvalue weighted by molar-refractivity contribution is 0.866. The van der Waals surface area contributed by atoms with Crippen LogP contribution in [0.2, 0.25) is 0 Å². The van der Waals surface area contributed by atoms with Gasteiger partial charge in [-0.1, -0.05) is 172 Å². The second-order valence-corrected chi connectivity index (χ2v) is 21.4. The zero-order valence-electron chi connectivity index (χ0n) is 42.1. The number of hydrogen-bond donors (Lipinski definition) is 2. The second kappa shape index (κ2) is 16.5. The second-order valence-electron chi connectivity index (χ2n) is 21.4. The van der Waals surface area contributed by atoms with Crippen LogP contribution < -0.4 is 58.7 Å². The van der Waals surface area contributed by atoms with E-state index in [4.69, 9.17) is 0 Å². The molecule has 0 aliphatic carbocycles. The molecule has 0 bridgehead atoms. The van der Waals surface area contributed by atoms with Gasteiger partial charge in [-0.3, -0.25) is 0 Å². The Morgan fingerprint density at radius 2 is 0.851 bits per heavy atom. The SMILES string of the molecule is CC(C)c1ccc2c(c1)N1c3ccccc3Bc3c(-c4c(Nc5ccccc5)cc(-n5c6ccccc6c6ccccc65)cc4Nc4ccccc4)c4c5c(c31)B2c1ccc(C(C)C)cc1N5c1ccccc1B4. The first-order valence-corrected chi connectivity index (χ1v) is 26.4. The van der Waals surface area contributed by atoms with E-state index in [-0.39, 0.29) is 6.71 Å². The molecule has 0 saturated carbocycles. The van der Waals surface area contributed by atoms with Crippen molar-refractivity contribution in [1.29, 1.82) is 0 Å². The topological polar surface area (TPSA) is 35.5 Å². The molecule has 74 heavy (non-hydrogen) atoms. The number of rotatable bonds is 8. The Bertz CT molecular complexity index is 3870. The number of aromatic nitrogens is 1. The summed E-state index contributed by atoms with van der Waals surface area (Å²) in [6.45, 7) is 9.34. The van der Waals surface area contributed by atoms with Crippen LogP contribution in [0.3, 0.4) is 0 Å². The third kappa shape index (κ3) is 6.33. The van der Waals surface area contributed by atoms with E-state index in [0.717, 1.165) is 48.6 Å². The van der Waals surface area contributed by atoms with E-state index in [9.17, 15) is 0 Å². The van der Waals surface area contributed by atoms with Crippen molar-refractivity contribution in [3.63, 3.8) is 0 Å². The molecule has 350 valence electrons. The van der Waals surface area contributed by atoms with Crippen molar-refractivity contribution in [1.82, 2.24) is 4.57 Å². The molecule has 2 N–H and O–H groups in total. The molecule has 4 aliphatic heterocycles. The van der Waals surface area contributed by atoms with Gasteiger partial charge in [0.05, 0.1) is 28.1 Å². The van der Waals surface area contributed by atoms with E-state index < -0.39 is 0 Å². The average molecular weight is 948 g/mol. The molecule has 0 saturated heterocycles. The summed E-state index contributed by atoms with van der Waals surface area (Å²) >= 11 is 0. The molecule has 0 amide bonds. The van der Waals surface area contributed by atoms with Crippen molar-refractivity contribution in [2.24, 2.45) is 0 Å². The molecule has 4 aliphatic rings. The molecule has 0 fully saturated rings. The first kappa shape index (κ1) is 43.0. The van der Waals surface area contributed by atoms with Gasteiger partial charge in [0.2, 0.25) is 0 Å². The summed E-state index contributed by atoms with van der Waals surface area (Å²) < 4.78 is 2.46. The minimum absolute atomic E-state index is 0.0310. The molecule has 5 nitrogen and oxygen atoms in total. The lowest BCUT2D eigenvalue weighted by Gasteiger charge is -2.50. The van der Waals surface area contributed by atoms with Crippen molar-refractivity contribution >= 4 is 138 Å². The number of hydrogen-bond acceptors (Lipinski definition) is 4. The normalized spacial score (nSPS) is 13.2. The zero-order chi connectivity index (χ0) is 49.3. The molecule has 11 aromatic rings. The highest BCUT2D eigenvalue weighted by atomic mass is 15.2. The Hall–Kier alpha value is -8.61. The standard InChI is InChI=1S/C66H52B3N5/c1-39(2)41-31-33-50-58(35-41)73-56-29-17-13-25-48(56)67-62-61(63-66-64(65(62)73)69(50)51-34-32-42(40(3)4)36-59(51)74(66)57-30-18-14-26-49(57)68-63)60-52(70-43-19-7-5-8-20-43)37-45(38-53(60)71-44-21-9-6-10-22-44)72-54-27-15-11-23-46(54)47-24-12-16-28-55(47)72/h5-40,67-68,70-71H,1-4H3. The smallest absolute Gasteiger partial charge is 0.252 e. The van der Waals surface area contributed by atoms with Crippen LogP contribution in [0.25, 0.3) is 38.6 Å². The Balaban J connectivity index is 1.13. The lowest BCUT2D eigenvalue weighted by atomic mass is 9.31. The fourth-order valence-corrected chi connectivity index (χ4v) is 13.1. The molecule has 5 heterocycles. The molecular formula is C66H52B3N5. The highest BCUT2D eigenvalue weighted by molar-refractivity contribution is 7.02. The number of anilines is 10. The van der Waals surface area contributed by atoms with Crippen molar-refractivity contribution in [3.8, 4) is 16.8 Å². The third-order valence-corrected chi connectivity index (χ3v) is 16.5. The Morgan fingerprint density at radius 1 is 0.419 bits per heavy atom. The quantitative estimate of drug-likeness (QED) is 0.149. The van der Waals surface area contributed by atoms with Crippen molar-refractivity contribution < 1.29 is 0 Å². The molecule has 10 aromatic carbocycles. The minimum atomic E-state index is 0.0310. The Labute approximate surface area is 434 Å². The van der Waals surface area contributed by atoms with Crippen LogP contribution in [0.1, 0.15) is 50.7 Å². The predicted octanol–water partition coefficient (Wildman–Crippen LogP) is 11.7. The molecule has 8 heteroatoms. The van der Waals surface area contributed by atoms with E-state index in [1.807, 2.05) is 0 Å². The maximum Gasteiger partial charge on any atom is 0.252 e. The van der Waals surface area contributed by atoms with Gasteiger partial charge >= 0.3 is 0 Å². The fourth-order valence-electron chi connectivity index (χ4n) is 13.1. The first-order chi connectivity index (χ1) is 36.4. The molecular weight excluding hydrogens is 895 g/mol. The molecule has 15 rings (SSSR count). The van der Waals surface area contributed by atoms with Crippen LogP contribution in [-0.2, 0) is 0 Å². The van der Waals surface area contributed by atoms with Gasteiger partial charge in [0.1, 0.15) is 0 Å². The van der Waals surface area contributed by atoms with Gasteiger partial charge in [0.15, 0.2) is 14.6 Å². The van der Waals surface area contributed by atoms with E-state index in [2.05, 4.69) is 259 Å². The molecule has 0 atom stereocenters. The number of benzene rings is 10. The number of nitrogens with one attached hydrogen (secondary N) is 2. The van der Waals surface area contributed by atoms with Crippen LogP contribution >= 0.6 is 0 Å². The average Bonchev–Trinajstić information content (AvgIpc) is 3.78. The van der Waals surface area contributed by atoms with E-state index >= 15 is 0 Å². The maximum absolute atomic E-state index is 4.13. The van der Waals surface area contributed by atoms with Crippen molar-refractivity contribution in [3.05, 3.63) is 217 Å². The summed E-state index contributed by atoms with van der Waals surface area (Å²) in [6, 6.07) is 77.2. The predicted molar refractivity (Wildman–Crippen MR) is 321 cm³/mol. The Morgan fingerprint density at radius 3 is 1.32 bits per heavy atom. The van der Waals surface area contributed by atoms with Crippen molar-refractivity contribution in [2.75, 3.05) is 20.4 Å². The number of nitrogens with zero attached hydrogens (tertiary/aromatic N) is 3. The van der Waals surface area contributed by atoms with Gasteiger partial charge < -0.3 is 25.0 Å². The minimum Gasteiger partial charge on any atom is -0.355 e. The Kier molecular flexibility index (Phi) is 9.57. The summed E-state index contributed by atoms with van der Waals surface area (Å²) in [4.78, 5) is 5.36. The van der Waals surface area contributed by atoms with Gasteiger partial charge in [-0.15, -0.1) is 0 Å². The lowest BCUT2D eigenvalue weighted by Crippen LogP contribution is -2.67. The molecule has 0 unspecified atom stereocenters. The number of para-hydroxylation sites is 6. The van der Waals surface area contributed by atoms with Crippen LogP contribution in [0.5, 0.6) is 0 Å². The van der Waals surface area contributed by atoms with Crippen LogP contribution in [0.15, 0.2) is 206 Å². The summed E-state index contributed by atoms with van der Waals surface area (Å²) in [7, 11) is 1.57. The van der Waals surface area contributed by atoms with Gasteiger partial charge in [0.25, 0.3) is 6.71 Å². The molecule has 1 aromatic heterocycles. The van der Waals surface area contributed by atoms with E-state index in [1.165, 1.54) is 111 Å². The van der Waals surface area contributed by atoms with Crippen molar-refractivity contribution in [2.45, 2.75) is 39.5 Å². The highest BCUT2D eigenvalue weighted by Gasteiger charge is 2.49. The molecule has 0 radical (unpaired) electrons. The summed E-state index contributed by atoms with van der Waals surface area (Å²) in [5.41, 5.74) is 30.0. The van der Waals surface area contributed by atoms with Crippen LogP contribution in [0, 0.1) is 0 Å². The van der Waals surface area contributed by atoms with Gasteiger partial charge in [-0.25, -0.2) is 0 Å². The summed E-state index contributed by atoms with van der Waals surface area (Å²) in [6.07, 6.45) is 0. The first-order valence-electron chi connectivity index (χ1n) is 26.4. The van der Waals surface area contributed by atoms with Crippen LogP contribution in [-0.4, -0.2) is 25.8 Å². The van der Waals surface area contributed by atoms with Gasteiger partial charge in [-0.05, 0) is 129 Å². The number of fused-ring (bicyclic) bond motifs is 13. The largest absolute Gasteiger partial charge is 0.355 e. The summed E-state index contributed by atoms with van der Waals surface area (Å²) in [5.74, 6) is 0.733. The van der Waals surface area contributed by atoms with Gasteiger partial charge in [0, 0.05) is 61.8 Å². The van der Waals surface area contributed by atoms with Crippen LogP contribution in [0.4, 0.5) is 56.9 Å². The van der Waals surface area contributed by atoms with Gasteiger partial charge in [-0.2, -0.15) is 0 Å². The maximum atomic E-state index is 4.13. The monoisotopic (exact) mass is 947 g/mol. The van der Waals surface area contributed by atoms with E-state index in [0.29, 0.717) is 11.8 Å². The molecule has 0 spiro atoms. The zero-order valence-corrected chi connectivity index (χ0v) is 42.1.